The second kappa shape index (κ2) is 9.78. The van der Waals surface area contributed by atoms with E-state index in [1.54, 1.807) is 7.11 Å². The molecule has 26 heavy (non-hydrogen) atoms. The van der Waals surface area contributed by atoms with E-state index in [2.05, 4.69) is 16.3 Å². The number of nitrogens with one attached hydrogen (secondary N) is 1. The van der Waals surface area contributed by atoms with Gasteiger partial charge in [0, 0.05) is 32.8 Å². The standard InChI is InChI=1S/C20H31N3O3/c1-25-18-7-4-6-17(14-18)8-9-21-20(24)23-12-5-13-26-19(16-23)15-22-10-2-3-11-22/h4,6-7,14,19H,2-3,5,8-13,15-16H2,1H3,(H,21,24)/t19-/m1/s1. The lowest BCUT2D eigenvalue weighted by Gasteiger charge is -2.27. The van der Waals surface area contributed by atoms with Crippen molar-refractivity contribution < 1.29 is 14.3 Å². The van der Waals surface area contributed by atoms with Gasteiger partial charge in [0.2, 0.25) is 0 Å². The Morgan fingerprint density at radius 3 is 2.92 bits per heavy atom. The molecule has 1 N–H and O–H groups in total. The number of nitrogens with zero attached hydrogens (tertiary/aromatic N) is 2. The Bertz CT molecular complexity index is 575. The van der Waals surface area contributed by atoms with Gasteiger partial charge < -0.3 is 24.6 Å². The number of amides is 2. The molecule has 0 unspecified atom stereocenters. The fraction of sp³-hybridized carbons (Fsp3) is 0.650. The zero-order valence-corrected chi connectivity index (χ0v) is 15.8. The van der Waals surface area contributed by atoms with Crippen molar-refractivity contribution in [1.29, 1.82) is 0 Å². The smallest absolute Gasteiger partial charge is 0.317 e. The first kappa shape index (κ1) is 19.0. The van der Waals surface area contributed by atoms with Gasteiger partial charge in [-0.15, -0.1) is 0 Å². The minimum atomic E-state index is 0.0184. The van der Waals surface area contributed by atoms with Gasteiger partial charge in [-0.2, -0.15) is 0 Å². The molecule has 0 saturated carbocycles. The van der Waals surface area contributed by atoms with E-state index in [9.17, 15) is 4.79 Å². The van der Waals surface area contributed by atoms with Gasteiger partial charge in [0.15, 0.2) is 0 Å². The lowest BCUT2D eigenvalue weighted by Crippen LogP contribution is -2.46. The van der Waals surface area contributed by atoms with Crippen molar-refractivity contribution in [1.82, 2.24) is 15.1 Å². The van der Waals surface area contributed by atoms with Crippen molar-refractivity contribution in [2.75, 3.05) is 53.0 Å². The first-order valence-corrected chi connectivity index (χ1v) is 9.74. The molecule has 1 atom stereocenters. The Kier molecular flexibility index (Phi) is 7.14. The Balaban J connectivity index is 1.44. The second-order valence-corrected chi connectivity index (χ2v) is 7.13. The molecule has 0 radical (unpaired) electrons. The van der Waals surface area contributed by atoms with Crippen LogP contribution in [0, 0.1) is 0 Å². The monoisotopic (exact) mass is 361 g/mol. The Morgan fingerprint density at radius 2 is 2.12 bits per heavy atom. The van der Waals surface area contributed by atoms with Gasteiger partial charge in [0.25, 0.3) is 0 Å². The van der Waals surface area contributed by atoms with Crippen LogP contribution in [0.2, 0.25) is 0 Å². The third-order valence-electron chi connectivity index (χ3n) is 5.12. The SMILES string of the molecule is COc1cccc(CCNC(=O)N2CCCO[C@H](CN3CCCC3)C2)c1. The molecule has 0 spiro atoms. The highest BCUT2D eigenvalue weighted by molar-refractivity contribution is 5.74. The molecular formula is C20H31N3O3. The van der Waals surface area contributed by atoms with Gasteiger partial charge in [-0.05, 0) is 56.5 Å². The molecule has 2 aliphatic heterocycles. The Labute approximate surface area is 156 Å². The summed E-state index contributed by atoms with van der Waals surface area (Å²) < 4.78 is 11.2. The summed E-state index contributed by atoms with van der Waals surface area (Å²) in [4.78, 5) is 16.9. The number of carbonyl (C=O) groups excluding carboxylic acids is 1. The molecular weight excluding hydrogens is 330 g/mol. The van der Waals surface area contributed by atoms with Crippen LogP contribution < -0.4 is 10.1 Å². The molecule has 6 heteroatoms. The molecule has 2 fully saturated rings. The normalized spacial score (nSPS) is 21.4. The van der Waals surface area contributed by atoms with Crippen LogP contribution in [0.1, 0.15) is 24.8 Å². The van der Waals surface area contributed by atoms with Crippen LogP contribution in [0.25, 0.3) is 0 Å². The molecule has 2 aliphatic rings. The molecule has 2 amide bonds. The molecule has 0 bridgehead atoms. The molecule has 1 aromatic rings. The average Bonchev–Trinajstić information content (AvgIpc) is 3.05. The number of hydrogen-bond donors (Lipinski definition) is 1. The highest BCUT2D eigenvalue weighted by atomic mass is 16.5. The zero-order valence-electron chi connectivity index (χ0n) is 15.8. The van der Waals surface area contributed by atoms with E-state index in [1.807, 2.05) is 23.1 Å². The van der Waals surface area contributed by atoms with Crippen molar-refractivity contribution in [3.63, 3.8) is 0 Å². The van der Waals surface area contributed by atoms with Crippen molar-refractivity contribution >= 4 is 6.03 Å². The maximum atomic E-state index is 12.6. The topological polar surface area (TPSA) is 54.0 Å². The minimum absolute atomic E-state index is 0.0184. The summed E-state index contributed by atoms with van der Waals surface area (Å²) in [5, 5.41) is 3.06. The van der Waals surface area contributed by atoms with Crippen molar-refractivity contribution in [2.24, 2.45) is 0 Å². The Hall–Kier alpha value is -1.79. The van der Waals surface area contributed by atoms with Crippen LogP contribution in [0.5, 0.6) is 5.75 Å². The molecule has 144 valence electrons. The van der Waals surface area contributed by atoms with Gasteiger partial charge >= 0.3 is 6.03 Å². The van der Waals surface area contributed by atoms with E-state index in [0.717, 1.165) is 56.9 Å². The van der Waals surface area contributed by atoms with Crippen LogP contribution in [0.15, 0.2) is 24.3 Å². The van der Waals surface area contributed by atoms with E-state index in [1.165, 1.54) is 12.8 Å². The number of ether oxygens (including phenoxy) is 2. The number of methoxy groups -OCH3 is 1. The predicted octanol–water partition coefficient (Wildman–Crippen LogP) is 2.13. The molecule has 2 saturated heterocycles. The van der Waals surface area contributed by atoms with E-state index >= 15 is 0 Å². The van der Waals surface area contributed by atoms with Crippen LogP contribution in [-0.2, 0) is 11.2 Å². The van der Waals surface area contributed by atoms with E-state index < -0.39 is 0 Å². The average molecular weight is 361 g/mol. The van der Waals surface area contributed by atoms with E-state index in [4.69, 9.17) is 9.47 Å². The van der Waals surface area contributed by atoms with Gasteiger partial charge in [-0.25, -0.2) is 4.79 Å². The number of carbonyl (C=O) groups is 1. The lowest BCUT2D eigenvalue weighted by atomic mass is 10.1. The maximum absolute atomic E-state index is 12.6. The van der Waals surface area contributed by atoms with Crippen molar-refractivity contribution in [2.45, 2.75) is 31.8 Å². The van der Waals surface area contributed by atoms with Gasteiger partial charge in [-0.1, -0.05) is 12.1 Å². The fourth-order valence-corrected chi connectivity index (χ4v) is 3.70. The number of likely N-dealkylation sites (tertiary alicyclic amines) is 1. The number of hydrogen-bond acceptors (Lipinski definition) is 4. The van der Waals surface area contributed by atoms with Gasteiger partial charge in [0.1, 0.15) is 5.75 Å². The third-order valence-corrected chi connectivity index (χ3v) is 5.12. The summed E-state index contributed by atoms with van der Waals surface area (Å²) in [5.41, 5.74) is 1.16. The van der Waals surface area contributed by atoms with Crippen molar-refractivity contribution in [3.8, 4) is 5.75 Å². The van der Waals surface area contributed by atoms with Crippen LogP contribution in [0.4, 0.5) is 4.79 Å². The largest absolute Gasteiger partial charge is 0.497 e. The summed E-state index contributed by atoms with van der Waals surface area (Å²) in [7, 11) is 1.67. The van der Waals surface area contributed by atoms with Gasteiger partial charge in [-0.3, -0.25) is 0 Å². The minimum Gasteiger partial charge on any atom is -0.497 e. The summed E-state index contributed by atoms with van der Waals surface area (Å²) in [5.74, 6) is 0.850. The number of rotatable bonds is 6. The first-order chi connectivity index (χ1) is 12.7. The highest BCUT2D eigenvalue weighted by Gasteiger charge is 2.25. The third kappa shape index (κ3) is 5.61. The van der Waals surface area contributed by atoms with Crippen LogP contribution in [-0.4, -0.2) is 74.9 Å². The summed E-state index contributed by atoms with van der Waals surface area (Å²) in [6.45, 7) is 6.07. The van der Waals surface area contributed by atoms with Crippen LogP contribution in [0.3, 0.4) is 0 Å². The molecule has 3 rings (SSSR count). The maximum Gasteiger partial charge on any atom is 0.317 e. The van der Waals surface area contributed by atoms with E-state index in [-0.39, 0.29) is 12.1 Å². The number of benzene rings is 1. The molecule has 1 aromatic carbocycles. The lowest BCUT2D eigenvalue weighted by molar-refractivity contribution is 0.0350. The summed E-state index contributed by atoms with van der Waals surface area (Å²) in [6.07, 6.45) is 4.38. The predicted molar refractivity (Wildman–Crippen MR) is 102 cm³/mol. The van der Waals surface area contributed by atoms with Gasteiger partial charge in [0.05, 0.1) is 13.2 Å². The van der Waals surface area contributed by atoms with Crippen LogP contribution >= 0.6 is 0 Å². The molecule has 2 heterocycles. The van der Waals surface area contributed by atoms with E-state index in [0.29, 0.717) is 13.1 Å². The first-order valence-electron chi connectivity index (χ1n) is 9.74. The second-order valence-electron chi connectivity index (χ2n) is 7.13. The molecule has 6 nitrogen and oxygen atoms in total. The Morgan fingerprint density at radius 1 is 1.27 bits per heavy atom. The summed E-state index contributed by atoms with van der Waals surface area (Å²) >= 11 is 0. The highest BCUT2D eigenvalue weighted by Crippen LogP contribution is 2.14. The quantitative estimate of drug-likeness (QED) is 0.843. The zero-order chi connectivity index (χ0) is 18.2. The molecule has 0 aromatic heterocycles. The fourth-order valence-electron chi connectivity index (χ4n) is 3.70. The number of urea groups is 1. The van der Waals surface area contributed by atoms with Crippen molar-refractivity contribution in [3.05, 3.63) is 29.8 Å². The molecule has 0 aliphatic carbocycles. The summed E-state index contributed by atoms with van der Waals surface area (Å²) in [6, 6.07) is 7.99.